The lowest BCUT2D eigenvalue weighted by molar-refractivity contribution is -0.140. The van der Waals surface area contributed by atoms with E-state index < -0.39 is 23.2 Å². The minimum absolute atomic E-state index is 0.274. The van der Waals surface area contributed by atoms with Gasteiger partial charge in [0.15, 0.2) is 11.5 Å². The molecule has 0 aromatic heterocycles. The summed E-state index contributed by atoms with van der Waals surface area (Å²) in [5.41, 5.74) is 0.0695. The van der Waals surface area contributed by atoms with Crippen LogP contribution in [0.2, 0.25) is 0 Å². The SMILES string of the molecule is CC1(C)C(C(=O)O)C1C(=O)Nc1ccc2c(c1)OCCO2. The first-order chi connectivity index (χ1) is 9.91. The molecule has 3 rings (SSSR count). The summed E-state index contributed by atoms with van der Waals surface area (Å²) in [7, 11) is 0. The molecule has 0 spiro atoms. The molecule has 0 bridgehead atoms. The minimum atomic E-state index is -0.928. The van der Waals surface area contributed by atoms with Crippen LogP contribution >= 0.6 is 0 Å². The van der Waals surface area contributed by atoms with Crippen LogP contribution in [0.3, 0.4) is 0 Å². The normalized spacial score (nSPS) is 25.0. The summed E-state index contributed by atoms with van der Waals surface area (Å²) in [6, 6.07) is 5.14. The highest BCUT2D eigenvalue weighted by atomic mass is 16.6. The van der Waals surface area contributed by atoms with Crippen molar-refractivity contribution in [2.24, 2.45) is 17.3 Å². The highest BCUT2D eigenvalue weighted by Gasteiger charge is 2.65. The lowest BCUT2D eigenvalue weighted by Crippen LogP contribution is -2.19. The molecule has 0 radical (unpaired) electrons. The minimum Gasteiger partial charge on any atom is -0.486 e. The highest BCUT2D eigenvalue weighted by molar-refractivity contribution is 5.99. The number of carboxylic acid groups (broad SMARTS) is 1. The molecule has 2 aliphatic rings. The zero-order chi connectivity index (χ0) is 15.2. The van der Waals surface area contributed by atoms with Crippen molar-refractivity contribution in [1.29, 1.82) is 0 Å². The van der Waals surface area contributed by atoms with Crippen molar-refractivity contribution in [2.45, 2.75) is 13.8 Å². The van der Waals surface area contributed by atoms with Crippen LogP contribution in [0.15, 0.2) is 18.2 Å². The van der Waals surface area contributed by atoms with E-state index in [9.17, 15) is 9.59 Å². The first-order valence-corrected chi connectivity index (χ1v) is 6.84. The molecule has 1 saturated carbocycles. The van der Waals surface area contributed by atoms with E-state index in [0.29, 0.717) is 30.4 Å². The van der Waals surface area contributed by atoms with Crippen LogP contribution in [0.1, 0.15) is 13.8 Å². The van der Waals surface area contributed by atoms with Gasteiger partial charge in [0.25, 0.3) is 0 Å². The fraction of sp³-hybridized carbons (Fsp3) is 0.467. The Kier molecular flexibility index (Phi) is 3.04. The molecule has 6 nitrogen and oxygen atoms in total. The molecule has 2 unspecified atom stereocenters. The van der Waals surface area contributed by atoms with Crippen LogP contribution in [0.25, 0.3) is 0 Å². The lowest BCUT2D eigenvalue weighted by Gasteiger charge is -2.19. The van der Waals surface area contributed by atoms with Gasteiger partial charge in [-0.1, -0.05) is 13.8 Å². The number of hydrogen-bond donors (Lipinski definition) is 2. The van der Waals surface area contributed by atoms with Crippen molar-refractivity contribution in [3.8, 4) is 11.5 Å². The van der Waals surface area contributed by atoms with E-state index in [1.807, 2.05) is 0 Å². The molecular formula is C15H17NO5. The number of anilines is 1. The van der Waals surface area contributed by atoms with Crippen molar-refractivity contribution in [3.05, 3.63) is 18.2 Å². The number of rotatable bonds is 3. The number of aliphatic carboxylic acids is 1. The molecule has 2 N–H and O–H groups in total. The third-order valence-corrected chi connectivity index (χ3v) is 4.19. The Bertz CT molecular complexity index is 610. The van der Waals surface area contributed by atoms with Gasteiger partial charge in [-0.2, -0.15) is 0 Å². The van der Waals surface area contributed by atoms with Gasteiger partial charge in [-0.05, 0) is 17.5 Å². The second-order valence-corrected chi connectivity index (χ2v) is 5.96. The second-order valence-electron chi connectivity index (χ2n) is 5.96. The largest absolute Gasteiger partial charge is 0.486 e. The number of ether oxygens (including phenoxy) is 2. The molecule has 2 atom stereocenters. The molecule has 1 fully saturated rings. The van der Waals surface area contributed by atoms with E-state index in [0.717, 1.165) is 0 Å². The molecule has 1 aliphatic carbocycles. The topological polar surface area (TPSA) is 84.9 Å². The lowest BCUT2D eigenvalue weighted by atomic mass is 10.1. The smallest absolute Gasteiger partial charge is 0.307 e. The molecule has 1 aromatic rings. The molecule has 1 heterocycles. The average molecular weight is 291 g/mol. The van der Waals surface area contributed by atoms with Gasteiger partial charge in [-0.25, -0.2) is 0 Å². The quantitative estimate of drug-likeness (QED) is 0.886. The zero-order valence-electron chi connectivity index (χ0n) is 11.9. The van der Waals surface area contributed by atoms with Crippen molar-refractivity contribution >= 4 is 17.6 Å². The number of carbonyl (C=O) groups is 2. The summed E-state index contributed by atoms with van der Waals surface area (Å²) in [5, 5.41) is 11.9. The Morgan fingerprint density at radius 2 is 1.86 bits per heavy atom. The third kappa shape index (κ3) is 2.30. The van der Waals surface area contributed by atoms with Crippen molar-refractivity contribution < 1.29 is 24.2 Å². The van der Waals surface area contributed by atoms with Gasteiger partial charge in [0.05, 0.1) is 11.8 Å². The van der Waals surface area contributed by atoms with E-state index in [4.69, 9.17) is 14.6 Å². The highest BCUT2D eigenvalue weighted by Crippen LogP contribution is 2.58. The summed E-state index contributed by atoms with van der Waals surface area (Å²) < 4.78 is 10.9. The van der Waals surface area contributed by atoms with Crippen LogP contribution in [-0.4, -0.2) is 30.2 Å². The number of benzene rings is 1. The van der Waals surface area contributed by atoms with E-state index >= 15 is 0 Å². The Hall–Kier alpha value is -2.24. The number of amides is 1. The van der Waals surface area contributed by atoms with Crippen LogP contribution in [0.5, 0.6) is 11.5 Å². The Morgan fingerprint density at radius 3 is 2.48 bits per heavy atom. The summed E-state index contributed by atoms with van der Waals surface area (Å²) in [6.45, 7) is 4.57. The van der Waals surface area contributed by atoms with Crippen molar-refractivity contribution in [3.63, 3.8) is 0 Å². The van der Waals surface area contributed by atoms with Gasteiger partial charge in [0.1, 0.15) is 13.2 Å². The van der Waals surface area contributed by atoms with Crippen LogP contribution in [0.4, 0.5) is 5.69 Å². The molecule has 6 heteroatoms. The van der Waals surface area contributed by atoms with Crippen molar-refractivity contribution in [2.75, 3.05) is 18.5 Å². The number of hydrogen-bond acceptors (Lipinski definition) is 4. The number of carboxylic acids is 1. The molecule has 21 heavy (non-hydrogen) atoms. The molecule has 1 aromatic carbocycles. The van der Waals surface area contributed by atoms with Crippen LogP contribution < -0.4 is 14.8 Å². The number of fused-ring (bicyclic) bond motifs is 1. The predicted molar refractivity (Wildman–Crippen MR) is 74.5 cm³/mol. The fourth-order valence-electron chi connectivity index (χ4n) is 2.93. The van der Waals surface area contributed by atoms with Crippen LogP contribution in [0, 0.1) is 17.3 Å². The maximum atomic E-state index is 12.2. The summed E-state index contributed by atoms with van der Waals surface area (Å²) in [6.07, 6.45) is 0. The summed E-state index contributed by atoms with van der Waals surface area (Å²) in [5.74, 6) is -1.11. The third-order valence-electron chi connectivity index (χ3n) is 4.19. The number of nitrogens with one attached hydrogen (secondary N) is 1. The summed E-state index contributed by atoms with van der Waals surface area (Å²) in [4.78, 5) is 23.3. The van der Waals surface area contributed by atoms with E-state index in [1.165, 1.54) is 0 Å². The molecule has 112 valence electrons. The summed E-state index contributed by atoms with van der Waals surface area (Å²) >= 11 is 0. The fourth-order valence-corrected chi connectivity index (χ4v) is 2.93. The van der Waals surface area contributed by atoms with Crippen LogP contribution in [-0.2, 0) is 9.59 Å². The second kappa shape index (κ2) is 4.65. The molecular weight excluding hydrogens is 274 g/mol. The Morgan fingerprint density at radius 1 is 1.19 bits per heavy atom. The van der Waals surface area contributed by atoms with Gasteiger partial charge in [0, 0.05) is 11.8 Å². The Balaban J connectivity index is 1.73. The number of carbonyl (C=O) groups excluding carboxylic acids is 1. The monoisotopic (exact) mass is 291 g/mol. The van der Waals surface area contributed by atoms with Crippen molar-refractivity contribution in [1.82, 2.24) is 0 Å². The van der Waals surface area contributed by atoms with Gasteiger partial charge >= 0.3 is 5.97 Å². The van der Waals surface area contributed by atoms with Gasteiger partial charge in [0.2, 0.25) is 5.91 Å². The average Bonchev–Trinajstić information content (AvgIpc) is 3.02. The molecule has 0 saturated heterocycles. The van der Waals surface area contributed by atoms with E-state index in [1.54, 1.807) is 32.0 Å². The first kappa shape index (κ1) is 13.7. The predicted octanol–water partition coefficient (Wildman–Crippen LogP) is 1.75. The standard InChI is InChI=1S/C15H17NO5/c1-15(2)11(12(15)14(18)19)13(17)16-8-3-4-9-10(7-8)21-6-5-20-9/h3-4,7,11-12H,5-6H2,1-2H3,(H,16,17)(H,18,19). The van der Waals surface area contributed by atoms with Gasteiger partial charge in [-0.3, -0.25) is 9.59 Å². The maximum absolute atomic E-state index is 12.2. The van der Waals surface area contributed by atoms with Gasteiger partial charge in [-0.15, -0.1) is 0 Å². The molecule has 1 amide bonds. The maximum Gasteiger partial charge on any atom is 0.307 e. The Labute approximate surface area is 122 Å². The molecule has 1 aliphatic heterocycles. The van der Waals surface area contributed by atoms with Gasteiger partial charge < -0.3 is 19.9 Å². The van der Waals surface area contributed by atoms with E-state index in [2.05, 4.69) is 5.32 Å². The van der Waals surface area contributed by atoms with E-state index in [-0.39, 0.29) is 5.91 Å². The first-order valence-electron chi connectivity index (χ1n) is 6.84. The zero-order valence-corrected chi connectivity index (χ0v) is 11.9.